The Morgan fingerprint density at radius 1 is 0.900 bits per heavy atom. The van der Waals surface area contributed by atoms with E-state index in [1.807, 2.05) is 6.07 Å². The third-order valence-corrected chi connectivity index (χ3v) is 4.35. The zero-order valence-electron chi connectivity index (χ0n) is 11.7. The first kappa shape index (κ1) is 13.3. The van der Waals surface area contributed by atoms with E-state index in [0.717, 1.165) is 19.4 Å². The van der Waals surface area contributed by atoms with Crippen molar-refractivity contribution in [2.24, 2.45) is 0 Å². The van der Waals surface area contributed by atoms with Crippen LogP contribution in [0.1, 0.15) is 35.9 Å². The number of aliphatic hydroxyl groups excluding tert-OH is 1. The van der Waals surface area contributed by atoms with Crippen LogP contribution in [0.4, 0.5) is 0 Å². The van der Waals surface area contributed by atoms with Gasteiger partial charge < -0.3 is 5.11 Å². The van der Waals surface area contributed by atoms with Crippen LogP contribution in [-0.4, -0.2) is 23.3 Å². The molecule has 0 radical (unpaired) electrons. The average Bonchev–Trinajstić information content (AvgIpc) is 2.56. The van der Waals surface area contributed by atoms with Crippen LogP contribution in [0.25, 0.3) is 0 Å². The molecule has 1 saturated heterocycles. The molecule has 2 aromatic carbocycles. The van der Waals surface area contributed by atoms with Gasteiger partial charge in [-0.2, -0.15) is 0 Å². The van der Waals surface area contributed by atoms with Crippen molar-refractivity contribution in [2.45, 2.75) is 24.8 Å². The summed E-state index contributed by atoms with van der Waals surface area (Å²) in [5, 5.41) is 9.61. The molecule has 3 rings (SSSR count). The van der Waals surface area contributed by atoms with E-state index < -0.39 is 0 Å². The summed E-state index contributed by atoms with van der Waals surface area (Å²) in [7, 11) is 0. The third kappa shape index (κ3) is 2.77. The number of aliphatic hydroxyl groups is 1. The van der Waals surface area contributed by atoms with Gasteiger partial charge in [0.15, 0.2) is 0 Å². The fraction of sp³-hybridized carbons (Fsp3) is 0.333. The van der Waals surface area contributed by atoms with Crippen LogP contribution in [0.2, 0.25) is 0 Å². The van der Waals surface area contributed by atoms with E-state index in [4.69, 9.17) is 0 Å². The molecule has 2 nitrogen and oxygen atoms in total. The van der Waals surface area contributed by atoms with Gasteiger partial charge in [0, 0.05) is 12.6 Å². The largest absolute Gasteiger partial charge is 0.381 e. The summed E-state index contributed by atoms with van der Waals surface area (Å²) in [5.41, 5.74) is 2.73. The quantitative estimate of drug-likeness (QED) is 0.919. The zero-order valence-corrected chi connectivity index (χ0v) is 11.7. The highest BCUT2D eigenvalue weighted by Gasteiger charge is 2.29. The molecular formula is C18H21NO. The molecule has 0 aliphatic carbocycles. The number of likely N-dealkylation sites (tertiary alicyclic amines) is 1. The lowest BCUT2D eigenvalue weighted by Gasteiger charge is -2.38. The molecule has 0 spiro atoms. The van der Waals surface area contributed by atoms with E-state index >= 15 is 0 Å². The van der Waals surface area contributed by atoms with Crippen LogP contribution >= 0.6 is 0 Å². The lowest BCUT2D eigenvalue weighted by Crippen LogP contribution is -2.36. The smallest absolute Gasteiger partial charge is 0.0961 e. The Labute approximate surface area is 120 Å². The van der Waals surface area contributed by atoms with Gasteiger partial charge in [-0.1, -0.05) is 60.7 Å². The summed E-state index contributed by atoms with van der Waals surface area (Å²) < 4.78 is 0. The van der Waals surface area contributed by atoms with Gasteiger partial charge in [0.25, 0.3) is 0 Å². The average molecular weight is 267 g/mol. The van der Waals surface area contributed by atoms with Gasteiger partial charge in [-0.05, 0) is 29.9 Å². The van der Waals surface area contributed by atoms with Crippen LogP contribution in [-0.2, 0) is 0 Å². The lowest BCUT2D eigenvalue weighted by atomic mass is 9.83. The lowest BCUT2D eigenvalue weighted by molar-refractivity contribution is 0.0370. The van der Waals surface area contributed by atoms with E-state index in [1.54, 1.807) is 0 Å². The normalized spacial score (nSPS) is 23.6. The first-order valence-corrected chi connectivity index (χ1v) is 7.33. The molecule has 2 unspecified atom stereocenters. The van der Waals surface area contributed by atoms with Gasteiger partial charge in [0.1, 0.15) is 0 Å². The molecular weight excluding hydrogens is 246 g/mol. The molecule has 0 amide bonds. The molecule has 2 atom stereocenters. The highest BCUT2D eigenvalue weighted by molar-refractivity contribution is 5.24. The Balaban J connectivity index is 1.83. The molecule has 1 heterocycles. The number of piperidine rings is 1. The minimum atomic E-state index is 0.140. The Kier molecular flexibility index (Phi) is 4.14. The number of benzene rings is 2. The van der Waals surface area contributed by atoms with Crippen LogP contribution < -0.4 is 0 Å². The number of hydrogen-bond donors (Lipinski definition) is 1. The van der Waals surface area contributed by atoms with Gasteiger partial charge in [0.05, 0.1) is 6.73 Å². The molecule has 104 valence electrons. The summed E-state index contributed by atoms with van der Waals surface area (Å²) >= 11 is 0. The van der Waals surface area contributed by atoms with Crippen LogP contribution in [0, 0.1) is 0 Å². The molecule has 1 aliphatic rings. The Hall–Kier alpha value is -1.64. The first-order chi connectivity index (χ1) is 9.88. The van der Waals surface area contributed by atoms with Crippen molar-refractivity contribution in [2.75, 3.05) is 13.3 Å². The van der Waals surface area contributed by atoms with Crippen molar-refractivity contribution in [1.29, 1.82) is 0 Å². The van der Waals surface area contributed by atoms with Crippen molar-refractivity contribution in [3.05, 3.63) is 71.8 Å². The fourth-order valence-corrected chi connectivity index (χ4v) is 3.23. The molecule has 20 heavy (non-hydrogen) atoms. The molecule has 0 saturated carbocycles. The molecule has 1 aliphatic heterocycles. The van der Waals surface area contributed by atoms with Crippen LogP contribution in [0.3, 0.4) is 0 Å². The maximum atomic E-state index is 9.61. The van der Waals surface area contributed by atoms with Crippen molar-refractivity contribution in [3.63, 3.8) is 0 Å². The van der Waals surface area contributed by atoms with E-state index in [2.05, 4.69) is 59.5 Å². The van der Waals surface area contributed by atoms with E-state index in [-0.39, 0.29) is 6.73 Å². The monoisotopic (exact) mass is 267 g/mol. The zero-order chi connectivity index (χ0) is 13.8. The van der Waals surface area contributed by atoms with Gasteiger partial charge in [0.2, 0.25) is 0 Å². The number of rotatable bonds is 3. The van der Waals surface area contributed by atoms with Crippen molar-refractivity contribution < 1.29 is 5.11 Å². The van der Waals surface area contributed by atoms with Gasteiger partial charge in [-0.15, -0.1) is 0 Å². The SMILES string of the molecule is OCN1CCC(c2ccccc2)CC1c1ccccc1. The maximum absolute atomic E-state index is 9.61. The molecule has 2 heteroatoms. The fourth-order valence-electron chi connectivity index (χ4n) is 3.23. The second kappa shape index (κ2) is 6.21. The molecule has 2 aromatic rings. The summed E-state index contributed by atoms with van der Waals surface area (Å²) in [6, 6.07) is 21.6. The van der Waals surface area contributed by atoms with Crippen LogP contribution in [0.5, 0.6) is 0 Å². The van der Waals surface area contributed by atoms with E-state index in [0.29, 0.717) is 12.0 Å². The Bertz CT molecular complexity index is 526. The standard InChI is InChI=1S/C18H21NO/c20-14-19-12-11-17(15-7-3-1-4-8-15)13-18(19)16-9-5-2-6-10-16/h1-10,17-18,20H,11-14H2. The summed E-state index contributed by atoms with van der Waals surface area (Å²) in [5.74, 6) is 0.587. The second-order valence-corrected chi connectivity index (χ2v) is 5.51. The maximum Gasteiger partial charge on any atom is 0.0961 e. The summed E-state index contributed by atoms with van der Waals surface area (Å²) in [6.07, 6.45) is 2.20. The molecule has 1 fully saturated rings. The molecule has 0 bridgehead atoms. The Morgan fingerprint density at radius 2 is 1.50 bits per heavy atom. The van der Waals surface area contributed by atoms with Crippen molar-refractivity contribution >= 4 is 0 Å². The Morgan fingerprint density at radius 3 is 2.10 bits per heavy atom. The van der Waals surface area contributed by atoms with Gasteiger partial charge in [-0.25, -0.2) is 0 Å². The second-order valence-electron chi connectivity index (χ2n) is 5.51. The van der Waals surface area contributed by atoms with Gasteiger partial charge >= 0.3 is 0 Å². The molecule has 0 aromatic heterocycles. The van der Waals surface area contributed by atoms with Crippen molar-refractivity contribution in [3.8, 4) is 0 Å². The predicted octanol–water partition coefficient (Wildman–Crippen LogP) is 3.56. The summed E-state index contributed by atoms with van der Waals surface area (Å²) in [4.78, 5) is 2.18. The minimum Gasteiger partial charge on any atom is -0.381 e. The predicted molar refractivity (Wildman–Crippen MR) is 81.4 cm³/mol. The highest BCUT2D eigenvalue weighted by atomic mass is 16.3. The topological polar surface area (TPSA) is 23.5 Å². The van der Waals surface area contributed by atoms with Gasteiger partial charge in [-0.3, -0.25) is 4.90 Å². The minimum absolute atomic E-state index is 0.140. The van der Waals surface area contributed by atoms with E-state index in [9.17, 15) is 5.11 Å². The number of nitrogens with zero attached hydrogens (tertiary/aromatic N) is 1. The van der Waals surface area contributed by atoms with Crippen LogP contribution in [0.15, 0.2) is 60.7 Å². The highest BCUT2D eigenvalue weighted by Crippen LogP contribution is 2.38. The first-order valence-electron chi connectivity index (χ1n) is 7.33. The van der Waals surface area contributed by atoms with Crippen molar-refractivity contribution in [1.82, 2.24) is 4.90 Å². The van der Waals surface area contributed by atoms with E-state index in [1.165, 1.54) is 11.1 Å². The summed E-state index contributed by atoms with van der Waals surface area (Å²) in [6.45, 7) is 1.09. The molecule has 1 N–H and O–H groups in total. The third-order valence-electron chi connectivity index (χ3n) is 4.35. The number of hydrogen-bond acceptors (Lipinski definition) is 2.